The van der Waals surface area contributed by atoms with Crippen LogP contribution >= 0.6 is 0 Å². The summed E-state index contributed by atoms with van der Waals surface area (Å²) in [7, 11) is 0. The van der Waals surface area contributed by atoms with Gasteiger partial charge in [0.1, 0.15) is 0 Å². The smallest absolute Gasteiger partial charge is 0.0645 e. The van der Waals surface area contributed by atoms with E-state index in [2.05, 4.69) is 0 Å². The van der Waals surface area contributed by atoms with Crippen molar-refractivity contribution in [3.63, 3.8) is 0 Å². The van der Waals surface area contributed by atoms with Crippen LogP contribution < -0.4 is 5.73 Å². The van der Waals surface area contributed by atoms with Gasteiger partial charge >= 0.3 is 0 Å². The Morgan fingerprint density at radius 3 is 1.68 bits per heavy atom. The van der Waals surface area contributed by atoms with Gasteiger partial charge in [0.25, 0.3) is 0 Å². The molecule has 4 rings (SSSR count). The van der Waals surface area contributed by atoms with Crippen LogP contribution in [0.3, 0.4) is 0 Å². The van der Waals surface area contributed by atoms with Crippen LogP contribution in [0.25, 0.3) is 33.4 Å². The summed E-state index contributed by atoms with van der Waals surface area (Å²) in [5, 5.41) is 0. The Bertz CT molecular complexity index is 1160. The van der Waals surface area contributed by atoms with Gasteiger partial charge in [-0.15, -0.1) is 0 Å². The molecule has 4 aromatic carbocycles. The highest BCUT2D eigenvalue weighted by molar-refractivity contribution is 5.87. The van der Waals surface area contributed by atoms with Crippen molar-refractivity contribution in [3.8, 4) is 33.4 Å². The topological polar surface area (TPSA) is 26.0 Å². The van der Waals surface area contributed by atoms with Crippen molar-refractivity contribution >= 4 is 5.69 Å². The van der Waals surface area contributed by atoms with Crippen molar-refractivity contribution in [2.45, 2.75) is 0 Å². The summed E-state index contributed by atoms with van der Waals surface area (Å²) in [6, 6.07) is 25.0. The lowest BCUT2D eigenvalue weighted by Crippen LogP contribution is -1.88. The van der Waals surface area contributed by atoms with Crippen LogP contribution in [-0.2, 0) is 0 Å². The summed E-state index contributed by atoms with van der Waals surface area (Å²) in [5.41, 5.74) is 10.6. The highest BCUT2D eigenvalue weighted by atomic mass is 14.5. The zero-order chi connectivity index (χ0) is 20.5. The van der Waals surface area contributed by atoms with Crippen molar-refractivity contribution in [2.75, 3.05) is 5.73 Å². The van der Waals surface area contributed by atoms with Crippen LogP contribution in [0.15, 0.2) is 103 Å². The predicted molar refractivity (Wildman–Crippen MR) is 107 cm³/mol. The molecule has 0 atom stereocenters. The minimum absolute atomic E-state index is 0.130. The van der Waals surface area contributed by atoms with E-state index in [1.807, 2.05) is 78.9 Å². The zero-order valence-electron chi connectivity index (χ0n) is 17.6. The van der Waals surface area contributed by atoms with E-state index in [-0.39, 0.29) is 35.4 Å². The first kappa shape index (κ1) is 11.3. The number of hydrogen-bond acceptors (Lipinski definition) is 1. The minimum Gasteiger partial charge on any atom is -0.399 e. The lowest BCUT2D eigenvalue weighted by Gasteiger charge is -2.13. The molecule has 0 amide bonds. The van der Waals surface area contributed by atoms with Crippen LogP contribution in [0.5, 0.6) is 0 Å². The normalized spacial score (nSPS) is 12.8. The van der Waals surface area contributed by atoms with Crippen molar-refractivity contribution in [2.24, 2.45) is 0 Å². The number of hydrogen-bond donors (Lipinski definition) is 1. The second-order valence-corrected chi connectivity index (χ2v) is 5.78. The summed E-state index contributed by atoms with van der Waals surface area (Å²) in [5.74, 6) is 0. The van der Waals surface area contributed by atoms with Gasteiger partial charge in [0, 0.05) is 5.69 Å². The molecule has 25 heavy (non-hydrogen) atoms. The maximum atomic E-state index is 8.33. The molecule has 0 bridgehead atoms. The van der Waals surface area contributed by atoms with E-state index in [0.29, 0.717) is 5.56 Å². The molecule has 0 heterocycles. The van der Waals surface area contributed by atoms with Gasteiger partial charge in [0.2, 0.25) is 0 Å². The summed E-state index contributed by atoms with van der Waals surface area (Å²) in [4.78, 5) is 0. The number of anilines is 1. The maximum absolute atomic E-state index is 8.33. The van der Waals surface area contributed by atoms with E-state index >= 15 is 0 Å². The molecule has 1 heteroatoms. The van der Waals surface area contributed by atoms with Crippen molar-refractivity contribution in [3.05, 3.63) is 103 Å². The third kappa shape index (κ3) is 3.17. The SMILES string of the molecule is [2H]c1c([2H])c(-c2ccc(-c3ccccc3)c(-c3ccccc3)c2)c([2H])c([2H])c1N. The predicted octanol–water partition coefficient (Wildman–Crippen LogP) is 6.27. The first-order valence-corrected chi connectivity index (χ1v) is 8.10. The number of nitrogens with two attached hydrogens (primary N) is 1. The van der Waals surface area contributed by atoms with Gasteiger partial charge in [-0.05, 0) is 51.5 Å². The Kier molecular flexibility index (Phi) is 3.00. The van der Waals surface area contributed by atoms with E-state index in [9.17, 15) is 0 Å². The van der Waals surface area contributed by atoms with E-state index in [4.69, 9.17) is 11.2 Å². The van der Waals surface area contributed by atoms with Crippen LogP contribution in [0, 0.1) is 0 Å². The lowest BCUT2D eigenvalue weighted by atomic mass is 9.91. The van der Waals surface area contributed by atoms with Gasteiger partial charge in [-0.3, -0.25) is 0 Å². The molecule has 0 unspecified atom stereocenters. The van der Waals surface area contributed by atoms with Crippen molar-refractivity contribution in [1.29, 1.82) is 0 Å². The van der Waals surface area contributed by atoms with E-state index in [1.165, 1.54) is 0 Å². The van der Waals surface area contributed by atoms with Crippen LogP contribution in [-0.4, -0.2) is 0 Å². The molecular formula is C24H19N. The molecule has 0 saturated heterocycles. The molecule has 0 fully saturated rings. The average Bonchev–Trinajstić information content (AvgIpc) is 2.77. The monoisotopic (exact) mass is 325 g/mol. The van der Waals surface area contributed by atoms with Crippen LogP contribution in [0.1, 0.15) is 5.48 Å². The lowest BCUT2D eigenvalue weighted by molar-refractivity contribution is 1.56. The van der Waals surface area contributed by atoms with Gasteiger partial charge in [-0.2, -0.15) is 0 Å². The second-order valence-electron chi connectivity index (χ2n) is 5.78. The number of benzene rings is 4. The molecular weight excluding hydrogens is 302 g/mol. The second kappa shape index (κ2) is 6.66. The summed E-state index contributed by atoms with van der Waals surface area (Å²) < 4.78 is 32.8. The highest BCUT2D eigenvalue weighted by Gasteiger charge is 2.09. The van der Waals surface area contributed by atoms with Gasteiger partial charge in [-0.25, -0.2) is 0 Å². The van der Waals surface area contributed by atoms with E-state index in [1.54, 1.807) is 0 Å². The molecule has 4 aromatic rings. The average molecular weight is 325 g/mol. The Labute approximate surface area is 154 Å². The Morgan fingerprint density at radius 2 is 1.08 bits per heavy atom. The molecule has 0 aliphatic rings. The van der Waals surface area contributed by atoms with E-state index < -0.39 is 0 Å². The van der Waals surface area contributed by atoms with Crippen molar-refractivity contribution in [1.82, 2.24) is 0 Å². The molecule has 0 aliphatic heterocycles. The van der Waals surface area contributed by atoms with E-state index in [0.717, 1.165) is 22.3 Å². The Hall–Kier alpha value is -3.32. The molecule has 2 N–H and O–H groups in total. The third-order valence-electron chi connectivity index (χ3n) is 4.12. The molecule has 1 nitrogen and oxygen atoms in total. The standard InChI is InChI=1S/C24H19N/c25-22-14-11-18(12-15-22)21-13-16-23(19-7-3-1-4-8-19)24(17-21)20-9-5-2-6-10-20/h1-17H,25H2/i11D,12D,14D,15D. The highest BCUT2D eigenvalue weighted by Crippen LogP contribution is 2.35. The number of rotatable bonds is 3. The van der Waals surface area contributed by atoms with Crippen LogP contribution in [0.2, 0.25) is 0 Å². The van der Waals surface area contributed by atoms with Gasteiger partial charge in [0.05, 0.1) is 5.48 Å². The molecule has 0 spiro atoms. The third-order valence-corrected chi connectivity index (χ3v) is 4.12. The van der Waals surface area contributed by atoms with Crippen molar-refractivity contribution < 1.29 is 5.48 Å². The summed E-state index contributed by atoms with van der Waals surface area (Å²) in [6.07, 6.45) is 0. The van der Waals surface area contributed by atoms with Gasteiger partial charge < -0.3 is 5.73 Å². The molecule has 0 radical (unpaired) electrons. The van der Waals surface area contributed by atoms with Gasteiger partial charge in [0.15, 0.2) is 0 Å². The largest absolute Gasteiger partial charge is 0.399 e. The first-order chi connectivity index (χ1) is 14.0. The Morgan fingerprint density at radius 1 is 0.520 bits per heavy atom. The zero-order valence-corrected chi connectivity index (χ0v) is 13.6. The number of nitrogen functional groups attached to an aromatic ring is 1. The summed E-state index contributed by atoms with van der Waals surface area (Å²) >= 11 is 0. The van der Waals surface area contributed by atoms with Gasteiger partial charge in [-0.1, -0.05) is 84.9 Å². The Balaban J connectivity index is 2.00. The first-order valence-electron chi connectivity index (χ1n) is 10.1. The fraction of sp³-hybridized carbons (Fsp3) is 0. The fourth-order valence-corrected chi connectivity index (χ4v) is 2.89. The maximum Gasteiger partial charge on any atom is 0.0645 e. The molecule has 0 aliphatic carbocycles. The molecule has 120 valence electrons. The quantitative estimate of drug-likeness (QED) is 0.441. The summed E-state index contributed by atoms with van der Waals surface area (Å²) in [6.45, 7) is 0. The molecule has 0 aromatic heterocycles. The minimum atomic E-state index is -0.214. The molecule has 0 saturated carbocycles. The van der Waals surface area contributed by atoms with Crippen LogP contribution in [0.4, 0.5) is 5.69 Å². The fourth-order valence-electron chi connectivity index (χ4n) is 2.89.